The molecule has 3 aromatic heterocycles. The van der Waals surface area contributed by atoms with Crippen LogP contribution in [0, 0.1) is 36.9 Å². The Morgan fingerprint density at radius 1 is 0.773 bits per heavy atom. The van der Waals surface area contributed by atoms with Crippen LogP contribution in [0.5, 0.6) is 0 Å². The van der Waals surface area contributed by atoms with Crippen molar-refractivity contribution in [3.05, 3.63) is 59.2 Å². The Kier molecular flexibility index (Phi) is 12.6. The first-order valence-electron chi connectivity index (χ1n) is 14.9. The van der Waals surface area contributed by atoms with Crippen molar-refractivity contribution in [2.75, 3.05) is 65.4 Å². The molecule has 0 unspecified atom stereocenters. The largest absolute Gasteiger partial charge is 0.480 e. The van der Waals surface area contributed by atoms with Crippen LogP contribution in [0.4, 0.5) is 0 Å². The minimum Gasteiger partial charge on any atom is -0.480 e. The first-order valence-corrected chi connectivity index (χ1v) is 14.9. The van der Waals surface area contributed by atoms with Crippen molar-refractivity contribution in [2.45, 2.75) is 39.4 Å². The van der Waals surface area contributed by atoms with Gasteiger partial charge in [0.15, 0.2) is 0 Å². The van der Waals surface area contributed by atoms with E-state index >= 15 is 0 Å². The van der Waals surface area contributed by atoms with Gasteiger partial charge in [-0.2, -0.15) is 0 Å². The summed E-state index contributed by atoms with van der Waals surface area (Å²) < 4.78 is 1.84. The zero-order chi connectivity index (χ0) is 30.3. The topological polar surface area (TPSA) is 144 Å². The second-order valence-corrected chi connectivity index (χ2v) is 11.7. The predicted molar refractivity (Wildman–Crippen MR) is 159 cm³/mol. The van der Waals surface area contributed by atoms with Crippen LogP contribution in [0.1, 0.15) is 42.4 Å². The molecule has 1 saturated heterocycles. The van der Waals surface area contributed by atoms with Gasteiger partial charge in [0.25, 0.3) is 0 Å². The Balaban J connectivity index is 0.00000442. The van der Waals surface area contributed by atoms with E-state index in [4.69, 9.17) is 9.97 Å². The molecule has 0 aliphatic carbocycles. The van der Waals surface area contributed by atoms with Crippen LogP contribution in [-0.2, 0) is 29.2 Å². The minimum atomic E-state index is -0.851. The molecule has 0 amide bonds. The Morgan fingerprint density at radius 3 is 1.86 bits per heavy atom. The van der Waals surface area contributed by atoms with Crippen molar-refractivity contribution in [3.63, 3.8) is 0 Å². The summed E-state index contributed by atoms with van der Waals surface area (Å²) in [5.74, 6) is -1.41. The number of carboxylic acid groups (broad SMARTS) is 2. The van der Waals surface area contributed by atoms with Gasteiger partial charge < -0.3 is 10.2 Å². The van der Waals surface area contributed by atoms with Crippen LogP contribution in [0.2, 0.25) is 0 Å². The summed E-state index contributed by atoms with van der Waals surface area (Å²) in [4.78, 5) is 42.0. The minimum absolute atomic E-state index is 0. The van der Waals surface area contributed by atoms with Gasteiger partial charge in [0.05, 0.1) is 48.6 Å². The summed E-state index contributed by atoms with van der Waals surface area (Å²) in [6.07, 6.45) is 1.73. The van der Waals surface area contributed by atoms with E-state index < -0.39 is 11.9 Å². The van der Waals surface area contributed by atoms with E-state index in [1.807, 2.05) is 32.7 Å². The number of hydrogen-bond donors (Lipinski definition) is 2. The third kappa shape index (κ3) is 9.72. The maximum atomic E-state index is 11.8. The number of hydrogen-bond acceptors (Lipinski definition) is 10. The third-order valence-corrected chi connectivity index (χ3v) is 8.04. The molecule has 6 bridgehead atoms. The van der Waals surface area contributed by atoms with Gasteiger partial charge in [0.2, 0.25) is 0 Å². The SMILES string of the molecule is CC(C)c1cc2nc(c1)Cn1nncc1-c1cccc(n1)CN1CCN(CC(=O)O)CCN(CCN(CC(=O)O)CC1)C2.[Lu]. The molecule has 13 nitrogen and oxygen atoms in total. The maximum absolute atomic E-state index is 11.8. The van der Waals surface area contributed by atoms with Crippen LogP contribution >= 0.6 is 0 Å². The van der Waals surface area contributed by atoms with Crippen molar-refractivity contribution in [3.8, 4) is 11.4 Å². The van der Waals surface area contributed by atoms with Crippen LogP contribution in [0.3, 0.4) is 0 Å². The van der Waals surface area contributed by atoms with E-state index in [1.165, 1.54) is 5.56 Å². The van der Waals surface area contributed by atoms with Gasteiger partial charge in [0.1, 0.15) is 5.69 Å². The maximum Gasteiger partial charge on any atom is 0.317 e. The molecule has 3 aliphatic heterocycles. The van der Waals surface area contributed by atoms with Crippen molar-refractivity contribution < 1.29 is 56.7 Å². The number of fused-ring (bicyclic) bond motifs is 8. The van der Waals surface area contributed by atoms with Gasteiger partial charge >= 0.3 is 11.9 Å². The molecule has 1 fully saturated rings. The molecule has 0 aromatic carbocycles. The molecule has 6 heterocycles. The van der Waals surface area contributed by atoms with Gasteiger partial charge in [-0.05, 0) is 35.7 Å². The normalized spacial score (nSPS) is 20.3. The molecule has 0 atom stereocenters. The van der Waals surface area contributed by atoms with Crippen LogP contribution < -0.4 is 0 Å². The molecule has 2 N–H and O–H groups in total. The molecule has 0 saturated carbocycles. The van der Waals surface area contributed by atoms with Gasteiger partial charge in [-0.15, -0.1) is 5.10 Å². The molecule has 245 valence electrons. The van der Waals surface area contributed by atoms with Gasteiger partial charge in [-0.3, -0.25) is 34.2 Å². The number of carboxylic acids is 2. The molecule has 1 radical (unpaired) electrons. The number of rotatable bonds is 5. The van der Waals surface area contributed by atoms with Crippen molar-refractivity contribution in [1.29, 1.82) is 0 Å². The molecule has 3 aromatic rings. The molecule has 6 rings (SSSR count). The summed E-state index contributed by atoms with van der Waals surface area (Å²) >= 11 is 0. The fourth-order valence-corrected chi connectivity index (χ4v) is 5.66. The first kappa shape index (κ1) is 34.3. The van der Waals surface area contributed by atoms with Crippen molar-refractivity contribution in [1.82, 2.24) is 44.6 Å². The molecule has 14 heteroatoms. The fourth-order valence-electron chi connectivity index (χ4n) is 5.66. The number of pyridine rings is 2. The molecular weight excluding hydrogens is 725 g/mol. The third-order valence-electron chi connectivity index (χ3n) is 8.04. The Morgan fingerprint density at radius 2 is 1.32 bits per heavy atom. The molecular formula is C30H41LuN9O4. The average molecular weight is 767 g/mol. The van der Waals surface area contributed by atoms with E-state index in [1.54, 1.807) is 6.20 Å². The van der Waals surface area contributed by atoms with E-state index in [0.717, 1.165) is 28.5 Å². The second kappa shape index (κ2) is 16.1. The molecule has 44 heavy (non-hydrogen) atoms. The Hall–Kier alpha value is -2.55. The second-order valence-electron chi connectivity index (χ2n) is 11.7. The van der Waals surface area contributed by atoms with E-state index in [-0.39, 0.29) is 50.0 Å². The van der Waals surface area contributed by atoms with E-state index in [2.05, 4.69) is 46.1 Å². The van der Waals surface area contributed by atoms with Gasteiger partial charge in [-0.25, -0.2) is 9.67 Å². The number of aromatic nitrogens is 5. The standard InChI is InChI=1S/C30H41N9O4.Lu/c1-22(2)23-14-25-18-36-8-12-37(20-29(40)41)10-6-35(7-11-38(13-9-36)21-30(42)43)17-24-4-3-5-27(33-24)28-16-31-34-39(28)19-26(15-23)32-25;/h3-5,14-16,22H,6-13,17-21H2,1-2H3,(H,40,41)(H,42,43);. The molecule has 3 aliphatic rings. The number of carbonyl (C=O) groups is 2. The number of aliphatic carboxylic acids is 2. The van der Waals surface area contributed by atoms with Crippen molar-refractivity contribution in [2.24, 2.45) is 0 Å². The predicted octanol–water partition coefficient (Wildman–Crippen LogP) is 1.31. The van der Waals surface area contributed by atoms with Crippen LogP contribution in [0.25, 0.3) is 11.4 Å². The van der Waals surface area contributed by atoms with E-state index in [0.29, 0.717) is 77.9 Å². The zero-order valence-electron chi connectivity index (χ0n) is 25.2. The smallest absolute Gasteiger partial charge is 0.317 e. The zero-order valence-corrected chi connectivity index (χ0v) is 26.9. The summed E-state index contributed by atoms with van der Waals surface area (Å²) in [7, 11) is 0. The van der Waals surface area contributed by atoms with Crippen molar-refractivity contribution >= 4 is 11.9 Å². The Labute approximate surface area is 287 Å². The van der Waals surface area contributed by atoms with Gasteiger partial charge in [-0.1, -0.05) is 25.1 Å². The number of nitrogens with zero attached hydrogens (tertiary/aromatic N) is 9. The van der Waals surface area contributed by atoms with E-state index in [9.17, 15) is 19.8 Å². The van der Waals surface area contributed by atoms with Crippen LogP contribution in [-0.4, -0.2) is 132 Å². The Bertz CT molecular complexity index is 1390. The van der Waals surface area contributed by atoms with Crippen LogP contribution in [0.15, 0.2) is 36.5 Å². The summed E-state index contributed by atoms with van der Waals surface area (Å²) in [5, 5.41) is 27.9. The first-order chi connectivity index (χ1) is 20.7. The summed E-state index contributed by atoms with van der Waals surface area (Å²) in [6.45, 7) is 10.6. The summed E-state index contributed by atoms with van der Waals surface area (Å²) in [5.41, 5.74) is 5.38. The summed E-state index contributed by atoms with van der Waals surface area (Å²) in [6, 6.07) is 10.2. The molecule has 0 spiro atoms. The quantitative estimate of drug-likeness (QED) is 0.387. The average Bonchev–Trinajstić information content (AvgIpc) is 3.41. The van der Waals surface area contributed by atoms with Gasteiger partial charge in [0, 0.05) is 102 Å². The fraction of sp³-hybridized carbons (Fsp3) is 0.533. The monoisotopic (exact) mass is 766 g/mol.